The zero-order chi connectivity index (χ0) is 13.9. The van der Waals surface area contributed by atoms with Crippen molar-refractivity contribution in [3.8, 4) is 5.75 Å². The summed E-state index contributed by atoms with van der Waals surface area (Å²) in [7, 11) is 0. The Bertz CT molecular complexity index is 462. The van der Waals surface area contributed by atoms with Crippen LogP contribution >= 0.6 is 15.9 Å². The predicted molar refractivity (Wildman–Crippen MR) is 85.4 cm³/mol. The summed E-state index contributed by atoms with van der Waals surface area (Å²) in [5.41, 5.74) is 1.32. The summed E-state index contributed by atoms with van der Waals surface area (Å²) in [6, 6.07) is 7.14. The maximum absolute atomic E-state index is 5.96. The van der Waals surface area contributed by atoms with Crippen LogP contribution in [-0.2, 0) is 6.42 Å². The molecule has 1 atom stereocenters. The van der Waals surface area contributed by atoms with Crippen molar-refractivity contribution in [1.29, 1.82) is 0 Å². The van der Waals surface area contributed by atoms with E-state index in [-0.39, 0.29) is 6.10 Å². The third kappa shape index (κ3) is 3.54. The van der Waals surface area contributed by atoms with Gasteiger partial charge in [0.15, 0.2) is 0 Å². The summed E-state index contributed by atoms with van der Waals surface area (Å²) in [4.78, 5) is 2.58. The third-order valence-electron chi connectivity index (χ3n) is 4.18. The number of hydrogen-bond acceptors (Lipinski definition) is 3. The molecule has 1 aromatic carbocycles. The molecule has 1 aliphatic carbocycles. The summed E-state index contributed by atoms with van der Waals surface area (Å²) in [6.07, 6.45) is 4.09. The summed E-state index contributed by atoms with van der Waals surface area (Å²) in [6.45, 7) is 6.59. The first kappa shape index (κ1) is 14.4. The number of likely N-dealkylation sites (N-methyl/N-ethyl adjacent to an activating group) is 1. The first-order valence-corrected chi connectivity index (χ1v) is 8.45. The topological polar surface area (TPSA) is 24.5 Å². The van der Waals surface area contributed by atoms with E-state index in [9.17, 15) is 0 Å². The molecule has 0 bridgehead atoms. The predicted octanol–water partition coefficient (Wildman–Crippen LogP) is 2.83. The molecule has 1 unspecified atom stereocenters. The summed E-state index contributed by atoms with van der Waals surface area (Å²) in [5, 5.41) is 3.55. The van der Waals surface area contributed by atoms with Gasteiger partial charge in [0.25, 0.3) is 0 Å². The number of nitrogens with one attached hydrogen (secondary N) is 1. The SMILES string of the molecule is CCN(CCNCC1Cc2cc(Br)ccc2O1)C1CC1. The molecule has 20 heavy (non-hydrogen) atoms. The van der Waals surface area contributed by atoms with E-state index >= 15 is 0 Å². The number of rotatable bonds is 7. The van der Waals surface area contributed by atoms with E-state index in [0.717, 1.165) is 42.3 Å². The first-order chi connectivity index (χ1) is 9.76. The lowest BCUT2D eigenvalue weighted by Gasteiger charge is -2.20. The van der Waals surface area contributed by atoms with Crippen molar-refractivity contribution in [2.75, 3.05) is 26.2 Å². The minimum atomic E-state index is 0.287. The van der Waals surface area contributed by atoms with Crippen LogP contribution in [0.25, 0.3) is 0 Å². The van der Waals surface area contributed by atoms with Gasteiger partial charge < -0.3 is 10.1 Å². The van der Waals surface area contributed by atoms with Gasteiger partial charge in [-0.3, -0.25) is 4.90 Å². The Morgan fingerprint density at radius 2 is 2.25 bits per heavy atom. The van der Waals surface area contributed by atoms with Crippen molar-refractivity contribution >= 4 is 15.9 Å². The highest BCUT2D eigenvalue weighted by atomic mass is 79.9. The van der Waals surface area contributed by atoms with E-state index in [4.69, 9.17) is 4.74 Å². The van der Waals surface area contributed by atoms with Crippen LogP contribution in [0.15, 0.2) is 22.7 Å². The first-order valence-electron chi connectivity index (χ1n) is 7.66. The molecule has 1 heterocycles. The molecule has 110 valence electrons. The standard InChI is InChI=1S/C16H23BrN2O/c1-2-19(14-4-5-14)8-7-18-11-15-10-12-9-13(17)3-6-16(12)20-15/h3,6,9,14-15,18H,2,4-5,7-8,10-11H2,1H3. The summed E-state index contributed by atoms with van der Waals surface area (Å²) in [5.74, 6) is 1.05. The second kappa shape index (κ2) is 6.46. The van der Waals surface area contributed by atoms with E-state index in [1.807, 2.05) is 6.07 Å². The molecule has 0 spiro atoms. The van der Waals surface area contributed by atoms with Gasteiger partial charge in [-0.1, -0.05) is 22.9 Å². The molecule has 1 aliphatic heterocycles. The monoisotopic (exact) mass is 338 g/mol. The van der Waals surface area contributed by atoms with Crippen molar-refractivity contribution in [2.45, 2.75) is 38.3 Å². The van der Waals surface area contributed by atoms with Crippen LogP contribution in [0.4, 0.5) is 0 Å². The Morgan fingerprint density at radius 1 is 1.40 bits per heavy atom. The Hall–Kier alpha value is -0.580. The Balaban J connectivity index is 1.38. The molecule has 0 aromatic heterocycles. The van der Waals surface area contributed by atoms with E-state index in [1.165, 1.54) is 24.9 Å². The third-order valence-corrected chi connectivity index (χ3v) is 4.67. The molecule has 1 aromatic rings. The van der Waals surface area contributed by atoms with Gasteiger partial charge in [-0.15, -0.1) is 0 Å². The van der Waals surface area contributed by atoms with Gasteiger partial charge in [0, 0.05) is 36.6 Å². The zero-order valence-electron chi connectivity index (χ0n) is 12.1. The fourth-order valence-electron chi connectivity index (χ4n) is 2.93. The highest BCUT2D eigenvalue weighted by molar-refractivity contribution is 9.10. The van der Waals surface area contributed by atoms with Crippen LogP contribution in [0.1, 0.15) is 25.3 Å². The van der Waals surface area contributed by atoms with E-state index in [2.05, 4.69) is 45.2 Å². The van der Waals surface area contributed by atoms with Gasteiger partial charge >= 0.3 is 0 Å². The van der Waals surface area contributed by atoms with Gasteiger partial charge in [0.1, 0.15) is 11.9 Å². The molecule has 3 nitrogen and oxygen atoms in total. The molecule has 1 N–H and O–H groups in total. The molecular weight excluding hydrogens is 316 g/mol. The number of hydrogen-bond donors (Lipinski definition) is 1. The van der Waals surface area contributed by atoms with Gasteiger partial charge in [0.2, 0.25) is 0 Å². The second-order valence-corrected chi connectivity index (χ2v) is 6.68. The molecular formula is C16H23BrN2O. The Labute approximate surface area is 129 Å². The number of benzene rings is 1. The zero-order valence-corrected chi connectivity index (χ0v) is 13.7. The van der Waals surface area contributed by atoms with Gasteiger partial charge in [-0.2, -0.15) is 0 Å². The summed E-state index contributed by atoms with van der Waals surface area (Å²) >= 11 is 3.52. The fourth-order valence-corrected chi connectivity index (χ4v) is 3.34. The quantitative estimate of drug-likeness (QED) is 0.773. The highest BCUT2D eigenvalue weighted by Gasteiger charge is 2.27. The van der Waals surface area contributed by atoms with Crippen molar-refractivity contribution in [1.82, 2.24) is 10.2 Å². The van der Waals surface area contributed by atoms with Crippen LogP contribution < -0.4 is 10.1 Å². The Morgan fingerprint density at radius 3 is 3.00 bits per heavy atom. The van der Waals surface area contributed by atoms with Crippen LogP contribution in [-0.4, -0.2) is 43.2 Å². The van der Waals surface area contributed by atoms with Crippen LogP contribution in [0.3, 0.4) is 0 Å². The lowest BCUT2D eigenvalue weighted by molar-refractivity contribution is 0.220. The number of nitrogens with zero attached hydrogens (tertiary/aromatic N) is 1. The molecule has 3 rings (SSSR count). The number of ether oxygens (including phenoxy) is 1. The maximum atomic E-state index is 5.96. The average molecular weight is 339 g/mol. The van der Waals surface area contributed by atoms with E-state index in [1.54, 1.807) is 0 Å². The van der Waals surface area contributed by atoms with Gasteiger partial charge in [0.05, 0.1) is 0 Å². The molecule has 1 fully saturated rings. The van der Waals surface area contributed by atoms with E-state index < -0.39 is 0 Å². The smallest absolute Gasteiger partial charge is 0.123 e. The van der Waals surface area contributed by atoms with E-state index in [0.29, 0.717) is 0 Å². The number of halogens is 1. The van der Waals surface area contributed by atoms with Crippen molar-refractivity contribution in [3.63, 3.8) is 0 Å². The van der Waals surface area contributed by atoms with Gasteiger partial charge in [-0.25, -0.2) is 0 Å². The van der Waals surface area contributed by atoms with Gasteiger partial charge in [-0.05, 0) is 43.1 Å². The summed E-state index contributed by atoms with van der Waals surface area (Å²) < 4.78 is 7.09. The molecule has 0 saturated heterocycles. The average Bonchev–Trinajstić information content (AvgIpc) is 3.19. The molecule has 4 heteroatoms. The molecule has 1 saturated carbocycles. The lowest BCUT2D eigenvalue weighted by Crippen LogP contribution is -2.37. The highest BCUT2D eigenvalue weighted by Crippen LogP contribution is 2.31. The normalized spacial score (nSPS) is 21.1. The Kier molecular flexibility index (Phi) is 4.64. The van der Waals surface area contributed by atoms with Crippen LogP contribution in [0.2, 0.25) is 0 Å². The number of fused-ring (bicyclic) bond motifs is 1. The minimum Gasteiger partial charge on any atom is -0.488 e. The second-order valence-electron chi connectivity index (χ2n) is 5.76. The molecule has 0 radical (unpaired) electrons. The lowest BCUT2D eigenvalue weighted by atomic mass is 10.1. The van der Waals surface area contributed by atoms with Crippen molar-refractivity contribution < 1.29 is 4.74 Å². The fraction of sp³-hybridized carbons (Fsp3) is 0.625. The maximum Gasteiger partial charge on any atom is 0.123 e. The van der Waals surface area contributed by atoms with Crippen LogP contribution in [0.5, 0.6) is 5.75 Å². The molecule has 2 aliphatic rings. The van der Waals surface area contributed by atoms with Crippen molar-refractivity contribution in [2.24, 2.45) is 0 Å². The van der Waals surface area contributed by atoms with Crippen LogP contribution in [0, 0.1) is 0 Å². The van der Waals surface area contributed by atoms with Crippen molar-refractivity contribution in [3.05, 3.63) is 28.2 Å². The molecule has 0 amide bonds. The minimum absolute atomic E-state index is 0.287. The largest absolute Gasteiger partial charge is 0.488 e.